The van der Waals surface area contributed by atoms with E-state index in [0.717, 1.165) is 0 Å². The number of halogens is 1. The Balaban J connectivity index is 2.43. The van der Waals surface area contributed by atoms with Crippen molar-refractivity contribution < 1.29 is 4.74 Å². The topological polar surface area (TPSA) is 65.2 Å². The zero-order chi connectivity index (χ0) is 15.2. The van der Waals surface area contributed by atoms with Crippen molar-refractivity contribution in [2.75, 3.05) is 7.11 Å². The van der Waals surface area contributed by atoms with Gasteiger partial charge in [0.05, 0.1) is 13.3 Å². The van der Waals surface area contributed by atoms with E-state index < -0.39 is 0 Å². The summed E-state index contributed by atoms with van der Waals surface area (Å²) in [4.78, 5) is 5.39. The summed E-state index contributed by atoms with van der Waals surface area (Å²) in [5.74, 6) is 3.25. The van der Waals surface area contributed by atoms with Crippen LogP contribution in [0.5, 0.6) is 5.75 Å². The first-order valence-electron chi connectivity index (χ1n) is 5.99. The van der Waals surface area contributed by atoms with Crippen molar-refractivity contribution in [3.05, 3.63) is 35.1 Å². The molecule has 0 atom stereocenters. The number of allylic oxidation sites excluding steroid dienone is 1. The average molecular weight is 302 g/mol. The summed E-state index contributed by atoms with van der Waals surface area (Å²) in [6.45, 7) is 1.81. The van der Waals surface area contributed by atoms with E-state index in [2.05, 4.69) is 26.3 Å². The molecule has 1 aromatic heterocycles. The number of nitrogens with zero attached hydrogens (tertiary/aromatic N) is 5. The molecule has 0 aliphatic carbocycles. The van der Waals surface area contributed by atoms with E-state index in [9.17, 15) is 0 Å². The Morgan fingerprint density at radius 3 is 3.00 bits per heavy atom. The molecule has 0 saturated carbocycles. The Morgan fingerprint density at radius 2 is 2.33 bits per heavy atom. The van der Waals surface area contributed by atoms with Gasteiger partial charge in [-0.1, -0.05) is 23.6 Å². The van der Waals surface area contributed by atoms with Crippen LogP contribution in [0.15, 0.2) is 29.3 Å². The predicted molar refractivity (Wildman–Crippen MR) is 81.7 cm³/mol. The van der Waals surface area contributed by atoms with Crippen molar-refractivity contribution in [3.63, 3.8) is 0 Å². The summed E-state index contributed by atoms with van der Waals surface area (Å²) in [5.41, 5.74) is 1.11. The van der Waals surface area contributed by atoms with Gasteiger partial charge >= 0.3 is 0 Å². The summed E-state index contributed by atoms with van der Waals surface area (Å²) in [7, 11) is 1.55. The number of tetrazole rings is 1. The minimum Gasteiger partial charge on any atom is -0.494 e. The molecule has 0 fully saturated rings. The van der Waals surface area contributed by atoms with E-state index in [1.54, 1.807) is 31.4 Å². The summed E-state index contributed by atoms with van der Waals surface area (Å²) >= 11 is 5.99. The standard InChI is InChI=1S/C14H12ClN5O/c1-4-8-16-11(5-2)14-17-19-20(18-14)12-9-10(15)6-7-13(12)21-3/h1,5-9H,2-3H3/b11-5-,16-8?. The molecule has 1 heterocycles. The van der Waals surface area contributed by atoms with Crippen molar-refractivity contribution >= 4 is 23.5 Å². The molecule has 0 aliphatic heterocycles. The van der Waals surface area contributed by atoms with Gasteiger partial charge < -0.3 is 4.74 Å². The van der Waals surface area contributed by atoms with Gasteiger partial charge in [-0.05, 0) is 30.3 Å². The quantitative estimate of drug-likeness (QED) is 0.642. The highest BCUT2D eigenvalue weighted by atomic mass is 35.5. The molecular weight excluding hydrogens is 290 g/mol. The number of benzene rings is 1. The largest absolute Gasteiger partial charge is 0.494 e. The molecule has 7 heteroatoms. The van der Waals surface area contributed by atoms with Gasteiger partial charge in [0.25, 0.3) is 0 Å². The maximum absolute atomic E-state index is 5.99. The summed E-state index contributed by atoms with van der Waals surface area (Å²) in [6.07, 6.45) is 8.21. The van der Waals surface area contributed by atoms with Crippen LogP contribution in [0.1, 0.15) is 12.7 Å². The molecule has 2 rings (SSSR count). The third kappa shape index (κ3) is 3.27. The van der Waals surface area contributed by atoms with Gasteiger partial charge in [0, 0.05) is 5.02 Å². The summed E-state index contributed by atoms with van der Waals surface area (Å²) in [6, 6.07) is 5.13. The molecule has 0 saturated heterocycles. The second kappa shape index (κ2) is 6.68. The maximum Gasteiger partial charge on any atom is 0.223 e. The number of methoxy groups -OCH3 is 1. The van der Waals surface area contributed by atoms with E-state index in [4.69, 9.17) is 22.8 Å². The van der Waals surface area contributed by atoms with Crippen molar-refractivity contribution in [1.82, 2.24) is 20.2 Å². The third-order valence-electron chi connectivity index (χ3n) is 2.55. The van der Waals surface area contributed by atoms with Gasteiger partial charge in [0.1, 0.15) is 17.1 Å². The lowest BCUT2D eigenvalue weighted by Crippen LogP contribution is -2.02. The number of hydrogen-bond acceptors (Lipinski definition) is 5. The minimum absolute atomic E-state index is 0.353. The van der Waals surface area contributed by atoms with Gasteiger partial charge in [-0.25, -0.2) is 4.99 Å². The zero-order valence-electron chi connectivity index (χ0n) is 11.5. The molecule has 0 aliphatic rings. The van der Waals surface area contributed by atoms with E-state index in [0.29, 0.717) is 28.0 Å². The molecule has 106 valence electrons. The van der Waals surface area contributed by atoms with Crippen LogP contribution in [-0.2, 0) is 0 Å². The lowest BCUT2D eigenvalue weighted by molar-refractivity contribution is 0.409. The van der Waals surface area contributed by atoms with Crippen LogP contribution in [0.25, 0.3) is 11.4 Å². The molecule has 0 unspecified atom stereocenters. The molecule has 21 heavy (non-hydrogen) atoms. The van der Waals surface area contributed by atoms with Crippen LogP contribution in [0.2, 0.25) is 5.02 Å². The molecule has 0 bridgehead atoms. The number of ether oxygens (including phenoxy) is 1. The fourth-order valence-corrected chi connectivity index (χ4v) is 1.77. The number of aromatic nitrogens is 4. The number of hydrogen-bond donors (Lipinski definition) is 0. The van der Waals surface area contributed by atoms with Crippen molar-refractivity contribution in [3.8, 4) is 23.8 Å². The Kier molecular flexibility index (Phi) is 4.69. The molecule has 0 spiro atoms. The van der Waals surface area contributed by atoms with E-state index in [-0.39, 0.29) is 0 Å². The molecule has 6 nitrogen and oxygen atoms in total. The van der Waals surface area contributed by atoms with Crippen LogP contribution in [-0.4, -0.2) is 33.5 Å². The van der Waals surface area contributed by atoms with E-state index in [1.165, 1.54) is 11.0 Å². The highest BCUT2D eigenvalue weighted by Gasteiger charge is 2.12. The lowest BCUT2D eigenvalue weighted by Gasteiger charge is -2.06. The van der Waals surface area contributed by atoms with Crippen molar-refractivity contribution in [1.29, 1.82) is 0 Å². The summed E-state index contributed by atoms with van der Waals surface area (Å²) < 4.78 is 5.26. The lowest BCUT2D eigenvalue weighted by atomic mass is 10.3. The van der Waals surface area contributed by atoms with Crippen LogP contribution in [0.3, 0.4) is 0 Å². The normalized spacial score (nSPS) is 11.6. The smallest absolute Gasteiger partial charge is 0.223 e. The first-order chi connectivity index (χ1) is 10.2. The van der Waals surface area contributed by atoms with E-state index in [1.807, 2.05) is 6.92 Å². The number of rotatable bonds is 4. The Morgan fingerprint density at radius 1 is 1.52 bits per heavy atom. The second-order valence-electron chi connectivity index (χ2n) is 3.82. The van der Waals surface area contributed by atoms with Crippen LogP contribution in [0, 0.1) is 12.3 Å². The highest BCUT2D eigenvalue weighted by molar-refractivity contribution is 6.30. The Labute approximate surface area is 127 Å². The zero-order valence-corrected chi connectivity index (χ0v) is 12.2. The minimum atomic E-state index is 0.353. The average Bonchev–Trinajstić information content (AvgIpc) is 2.97. The molecule has 0 amide bonds. The predicted octanol–water partition coefficient (Wildman–Crippen LogP) is 2.39. The first-order valence-corrected chi connectivity index (χ1v) is 6.36. The van der Waals surface area contributed by atoms with Crippen molar-refractivity contribution in [2.45, 2.75) is 6.92 Å². The fourth-order valence-electron chi connectivity index (χ4n) is 1.61. The Hall–Kier alpha value is -2.65. The van der Waals surface area contributed by atoms with Crippen molar-refractivity contribution in [2.24, 2.45) is 4.99 Å². The first kappa shape index (κ1) is 14.8. The Bertz CT molecular complexity index is 742. The SMILES string of the molecule is C#CC=N/C(=C\C)c1nnn(-c2cc(Cl)ccc2OC)n1. The monoisotopic (exact) mass is 301 g/mol. The molecule has 2 aromatic rings. The molecule has 0 N–H and O–H groups in total. The maximum atomic E-state index is 5.99. The van der Waals surface area contributed by atoms with Gasteiger partial charge in [0.2, 0.25) is 5.82 Å². The third-order valence-corrected chi connectivity index (χ3v) is 2.79. The van der Waals surface area contributed by atoms with Crippen LogP contribution in [0.4, 0.5) is 0 Å². The fraction of sp³-hybridized carbons (Fsp3) is 0.143. The molecule has 1 aromatic carbocycles. The number of terminal acetylenes is 1. The summed E-state index contributed by atoms with van der Waals surface area (Å²) in [5, 5.41) is 12.7. The number of aliphatic imine (C=N–C) groups is 1. The van der Waals surface area contributed by atoms with Gasteiger partial charge in [0.15, 0.2) is 0 Å². The second-order valence-corrected chi connectivity index (χ2v) is 4.25. The van der Waals surface area contributed by atoms with Gasteiger partial charge in [-0.2, -0.15) is 0 Å². The highest BCUT2D eigenvalue weighted by Crippen LogP contribution is 2.25. The van der Waals surface area contributed by atoms with Crippen LogP contribution < -0.4 is 4.74 Å². The van der Waals surface area contributed by atoms with Gasteiger partial charge in [-0.15, -0.1) is 21.4 Å². The molecule has 0 radical (unpaired) electrons. The molecular formula is C14H12ClN5O. The van der Waals surface area contributed by atoms with Gasteiger partial charge in [-0.3, -0.25) is 0 Å². The van der Waals surface area contributed by atoms with Crippen LogP contribution >= 0.6 is 11.6 Å². The van der Waals surface area contributed by atoms with E-state index >= 15 is 0 Å².